The topological polar surface area (TPSA) is 89.7 Å². The fraction of sp³-hybridized carbons (Fsp3) is 0.0323. The number of hydrogen-bond donors (Lipinski definition) is 1. The number of para-hydroxylation sites is 1. The second-order valence-corrected chi connectivity index (χ2v) is 9.61. The van der Waals surface area contributed by atoms with Gasteiger partial charge in [-0.15, -0.1) is 0 Å². The maximum absolute atomic E-state index is 9.93. The van der Waals surface area contributed by atoms with Crippen LogP contribution in [0.15, 0.2) is 114 Å². The van der Waals surface area contributed by atoms with Crippen molar-refractivity contribution in [3.63, 3.8) is 0 Å². The van der Waals surface area contributed by atoms with Gasteiger partial charge in [0, 0.05) is 22.7 Å². The van der Waals surface area contributed by atoms with Crippen LogP contribution in [0, 0.1) is 0 Å². The van der Waals surface area contributed by atoms with Gasteiger partial charge in [0.15, 0.2) is 23.1 Å². The molecule has 196 valence electrons. The van der Waals surface area contributed by atoms with Crippen LogP contribution in [0.5, 0.6) is 5.75 Å². The second-order valence-electron chi connectivity index (χ2n) is 8.81. The third-order valence-corrected chi connectivity index (χ3v) is 6.74. The number of oxime groups is 1. The van der Waals surface area contributed by atoms with E-state index in [0.717, 1.165) is 16.5 Å². The minimum absolute atomic E-state index is 0.247. The molecule has 0 amide bonds. The summed E-state index contributed by atoms with van der Waals surface area (Å²) in [5, 5.41) is 15.1. The monoisotopic (exact) mass is 566 g/mol. The molecule has 5 aromatic rings. The van der Waals surface area contributed by atoms with Crippen LogP contribution in [0.2, 0.25) is 10.2 Å². The summed E-state index contributed by atoms with van der Waals surface area (Å²) in [6.07, 6.45) is 3.36. The highest BCUT2D eigenvalue weighted by atomic mass is 35.5. The summed E-state index contributed by atoms with van der Waals surface area (Å²) in [4.78, 5) is 13.6. The zero-order valence-electron chi connectivity index (χ0n) is 20.8. The van der Waals surface area contributed by atoms with Gasteiger partial charge < -0.3 is 14.7 Å². The molecule has 0 unspecified atom stereocenters. The molecule has 1 saturated heterocycles. The van der Waals surface area contributed by atoms with E-state index in [-0.39, 0.29) is 5.71 Å². The third-order valence-electron chi connectivity index (χ3n) is 6.20. The number of pyridine rings is 1. The zero-order valence-corrected chi connectivity index (χ0v) is 22.3. The first-order valence-electron chi connectivity index (χ1n) is 12.3. The normalized spacial score (nSPS) is 16.1. The first-order chi connectivity index (χ1) is 19.6. The molecule has 0 spiro atoms. The second kappa shape index (κ2) is 11.2. The van der Waals surface area contributed by atoms with E-state index in [4.69, 9.17) is 37.7 Å². The standard InChI is InChI=1S/C31H20Cl2N4O3/c32-21-12-8-19(9-13-21)18-39-23-14-10-20(11-15-23)27(31-35-25-7-2-1-6-24(25)30(33)36-31)29-28(37-38)26(40-29)17-22-5-3-4-16-34-22/h1-17,38H,18H2/b26-17-,29-27-,37-28+. The van der Waals surface area contributed by atoms with Crippen LogP contribution >= 0.6 is 23.2 Å². The Morgan fingerprint density at radius 1 is 0.900 bits per heavy atom. The van der Waals surface area contributed by atoms with Gasteiger partial charge in [0.05, 0.1) is 16.8 Å². The van der Waals surface area contributed by atoms with Crippen molar-refractivity contribution in [3.8, 4) is 5.75 Å². The van der Waals surface area contributed by atoms with Gasteiger partial charge in [-0.2, -0.15) is 0 Å². The lowest BCUT2D eigenvalue weighted by Gasteiger charge is -2.26. The Labute approximate surface area is 239 Å². The Hall–Kier alpha value is -4.72. The molecule has 1 aliphatic rings. The predicted octanol–water partition coefficient (Wildman–Crippen LogP) is 7.57. The molecule has 7 nitrogen and oxygen atoms in total. The van der Waals surface area contributed by atoms with Gasteiger partial charge in [-0.25, -0.2) is 9.97 Å². The number of fused-ring (bicyclic) bond motifs is 1. The Morgan fingerprint density at radius 2 is 1.68 bits per heavy atom. The van der Waals surface area contributed by atoms with Crippen LogP contribution in [-0.4, -0.2) is 25.9 Å². The van der Waals surface area contributed by atoms with Crippen LogP contribution in [0.3, 0.4) is 0 Å². The van der Waals surface area contributed by atoms with Gasteiger partial charge >= 0.3 is 0 Å². The van der Waals surface area contributed by atoms with Crippen molar-refractivity contribution in [2.24, 2.45) is 5.16 Å². The first kappa shape index (κ1) is 25.6. The van der Waals surface area contributed by atoms with E-state index in [0.29, 0.717) is 56.7 Å². The summed E-state index contributed by atoms with van der Waals surface area (Å²) in [5.41, 5.74) is 3.81. The van der Waals surface area contributed by atoms with Gasteiger partial charge in [-0.3, -0.25) is 4.98 Å². The molecule has 1 aliphatic heterocycles. The van der Waals surface area contributed by atoms with Gasteiger partial charge in [0.2, 0.25) is 0 Å². The van der Waals surface area contributed by atoms with Crippen molar-refractivity contribution in [2.75, 3.05) is 0 Å². The van der Waals surface area contributed by atoms with Gasteiger partial charge in [-0.05, 0) is 59.7 Å². The maximum atomic E-state index is 9.93. The number of ether oxygens (including phenoxy) is 2. The zero-order chi connectivity index (χ0) is 27.5. The van der Waals surface area contributed by atoms with Crippen molar-refractivity contribution in [3.05, 3.63) is 142 Å². The fourth-order valence-corrected chi connectivity index (χ4v) is 4.57. The Bertz CT molecular complexity index is 1790. The minimum atomic E-state index is 0.247. The van der Waals surface area contributed by atoms with E-state index >= 15 is 0 Å². The molecular formula is C31H20Cl2N4O3. The Morgan fingerprint density at radius 3 is 2.42 bits per heavy atom. The first-order valence-corrected chi connectivity index (χ1v) is 13.0. The summed E-state index contributed by atoms with van der Waals surface area (Å²) < 4.78 is 12.0. The molecule has 0 bridgehead atoms. The molecule has 0 saturated carbocycles. The van der Waals surface area contributed by atoms with E-state index in [2.05, 4.69) is 15.1 Å². The molecule has 2 aromatic heterocycles. The van der Waals surface area contributed by atoms with Crippen LogP contribution in [0.25, 0.3) is 22.6 Å². The van der Waals surface area contributed by atoms with Crippen molar-refractivity contribution in [2.45, 2.75) is 6.61 Å². The van der Waals surface area contributed by atoms with Gasteiger partial charge in [0.25, 0.3) is 0 Å². The highest BCUT2D eigenvalue weighted by molar-refractivity contribution is 6.34. The molecule has 9 heteroatoms. The third kappa shape index (κ3) is 5.25. The van der Waals surface area contributed by atoms with Crippen LogP contribution in [0.4, 0.5) is 0 Å². The van der Waals surface area contributed by atoms with Crippen molar-refractivity contribution >= 4 is 51.5 Å². The summed E-state index contributed by atoms with van der Waals surface area (Å²) in [6, 6.07) is 27.9. The molecule has 3 aromatic carbocycles. The van der Waals surface area contributed by atoms with E-state index in [1.54, 1.807) is 12.3 Å². The van der Waals surface area contributed by atoms with Crippen molar-refractivity contribution in [1.29, 1.82) is 0 Å². The lowest BCUT2D eigenvalue weighted by Crippen LogP contribution is -2.25. The number of halogens is 2. The van der Waals surface area contributed by atoms with Gasteiger partial charge in [-0.1, -0.05) is 70.8 Å². The minimum Gasteiger partial charge on any atom is -0.489 e. The smallest absolute Gasteiger partial charge is 0.188 e. The predicted molar refractivity (Wildman–Crippen MR) is 155 cm³/mol. The Balaban J connectivity index is 1.39. The molecule has 0 atom stereocenters. The quantitative estimate of drug-likeness (QED) is 0.129. The molecule has 3 heterocycles. The average molecular weight is 567 g/mol. The number of benzene rings is 3. The molecule has 1 N–H and O–H groups in total. The van der Waals surface area contributed by atoms with E-state index in [1.807, 2.05) is 91.0 Å². The number of nitrogens with zero attached hydrogens (tertiary/aromatic N) is 4. The maximum Gasteiger partial charge on any atom is 0.188 e. The molecule has 0 radical (unpaired) electrons. The average Bonchev–Trinajstić information content (AvgIpc) is 2.97. The molecule has 1 fully saturated rings. The van der Waals surface area contributed by atoms with Crippen LogP contribution < -0.4 is 4.74 Å². The summed E-state index contributed by atoms with van der Waals surface area (Å²) >= 11 is 12.5. The van der Waals surface area contributed by atoms with Gasteiger partial charge in [0.1, 0.15) is 17.5 Å². The number of rotatable bonds is 6. The fourth-order valence-electron chi connectivity index (χ4n) is 4.21. The van der Waals surface area contributed by atoms with E-state index in [1.165, 1.54) is 0 Å². The highest BCUT2D eigenvalue weighted by Gasteiger charge is 2.35. The Kier molecular flexibility index (Phi) is 7.14. The highest BCUT2D eigenvalue weighted by Crippen LogP contribution is 2.38. The molecular weight excluding hydrogens is 547 g/mol. The lowest BCUT2D eigenvalue weighted by atomic mass is 9.97. The lowest BCUT2D eigenvalue weighted by molar-refractivity contribution is 0.276. The number of aromatic nitrogens is 3. The summed E-state index contributed by atoms with van der Waals surface area (Å²) in [7, 11) is 0. The van der Waals surface area contributed by atoms with Crippen LogP contribution in [-0.2, 0) is 11.3 Å². The molecule has 40 heavy (non-hydrogen) atoms. The van der Waals surface area contributed by atoms with E-state index in [9.17, 15) is 5.21 Å². The SMILES string of the molecule is O/N=C1C(=C\c2ccccn2)\OC\1=C(\c1ccc(OCc2ccc(Cl)cc2)cc1)c1nc(Cl)c2ccccc2n1. The summed E-state index contributed by atoms with van der Waals surface area (Å²) in [5.74, 6) is 1.67. The van der Waals surface area contributed by atoms with Crippen LogP contribution in [0.1, 0.15) is 22.6 Å². The largest absolute Gasteiger partial charge is 0.489 e. The van der Waals surface area contributed by atoms with Crippen molar-refractivity contribution < 1.29 is 14.7 Å². The molecule has 0 aliphatic carbocycles. The summed E-state index contributed by atoms with van der Waals surface area (Å²) in [6.45, 7) is 0.389. The van der Waals surface area contributed by atoms with E-state index < -0.39 is 0 Å². The number of hydrogen-bond acceptors (Lipinski definition) is 7. The van der Waals surface area contributed by atoms with Crippen molar-refractivity contribution in [1.82, 2.24) is 15.0 Å². The molecule has 6 rings (SSSR count).